The van der Waals surface area contributed by atoms with E-state index in [2.05, 4.69) is 0 Å². The molecule has 122 valence electrons. The molecule has 0 aromatic heterocycles. The fourth-order valence-corrected chi connectivity index (χ4v) is 2.85. The van der Waals surface area contributed by atoms with E-state index in [0.29, 0.717) is 11.3 Å². The minimum Gasteiger partial charge on any atom is -0.467 e. The third-order valence-corrected chi connectivity index (χ3v) is 3.99. The number of benzene rings is 3. The molecule has 0 amide bonds. The Labute approximate surface area is 142 Å². The van der Waals surface area contributed by atoms with Crippen LogP contribution in [0, 0.1) is 0 Å². The zero-order valence-corrected chi connectivity index (χ0v) is 13.6. The van der Waals surface area contributed by atoms with Crippen molar-refractivity contribution in [1.29, 1.82) is 0 Å². The normalized spacial score (nSPS) is 11.2. The van der Waals surface area contributed by atoms with E-state index in [0.717, 1.165) is 11.1 Å². The average molecular weight is 320 g/mol. The molecule has 0 aliphatic heterocycles. The van der Waals surface area contributed by atoms with Crippen LogP contribution < -0.4 is 4.74 Å². The van der Waals surface area contributed by atoms with Gasteiger partial charge in [0.15, 0.2) is 6.79 Å². The summed E-state index contributed by atoms with van der Waals surface area (Å²) in [6, 6.07) is 26.7. The van der Waals surface area contributed by atoms with Gasteiger partial charge in [-0.25, -0.2) is 0 Å². The highest BCUT2D eigenvalue weighted by atomic mass is 16.7. The lowest BCUT2D eigenvalue weighted by Gasteiger charge is -2.31. The second-order valence-corrected chi connectivity index (χ2v) is 5.49. The summed E-state index contributed by atoms with van der Waals surface area (Å²) in [5, 5.41) is 11.8. The van der Waals surface area contributed by atoms with Gasteiger partial charge in [-0.15, -0.1) is 0 Å². The molecule has 0 heterocycles. The number of hydrogen-bond donors (Lipinski definition) is 1. The summed E-state index contributed by atoms with van der Waals surface area (Å²) in [6.07, 6.45) is 0. The molecule has 0 saturated heterocycles. The van der Waals surface area contributed by atoms with Crippen LogP contribution in [0.5, 0.6) is 5.75 Å². The number of ether oxygens (including phenoxy) is 2. The van der Waals surface area contributed by atoms with Crippen LogP contribution >= 0.6 is 0 Å². The van der Waals surface area contributed by atoms with Crippen LogP contribution in [-0.4, -0.2) is 19.0 Å². The van der Waals surface area contributed by atoms with Gasteiger partial charge in [0.2, 0.25) is 0 Å². The van der Waals surface area contributed by atoms with Gasteiger partial charge in [0, 0.05) is 12.7 Å². The maximum absolute atomic E-state index is 11.8. The Bertz CT molecular complexity index is 730. The molecular formula is C21H20O3. The van der Waals surface area contributed by atoms with E-state index >= 15 is 0 Å². The van der Waals surface area contributed by atoms with Crippen LogP contribution in [0.4, 0.5) is 0 Å². The van der Waals surface area contributed by atoms with Crippen molar-refractivity contribution in [3.63, 3.8) is 0 Å². The molecule has 0 unspecified atom stereocenters. The minimum atomic E-state index is -1.31. The summed E-state index contributed by atoms with van der Waals surface area (Å²) in [4.78, 5) is 0. The molecule has 1 N–H and O–H groups in total. The Morgan fingerprint density at radius 2 is 1.25 bits per heavy atom. The first-order valence-electron chi connectivity index (χ1n) is 7.81. The quantitative estimate of drug-likeness (QED) is 0.552. The highest BCUT2D eigenvalue weighted by Crippen LogP contribution is 2.40. The predicted molar refractivity (Wildman–Crippen MR) is 93.9 cm³/mol. The van der Waals surface area contributed by atoms with Crippen molar-refractivity contribution < 1.29 is 14.6 Å². The molecule has 3 aromatic carbocycles. The van der Waals surface area contributed by atoms with Crippen molar-refractivity contribution in [2.45, 2.75) is 5.60 Å². The SMILES string of the molecule is COCOc1ccccc1C(O)(c1ccccc1)c1ccccc1. The zero-order chi connectivity index (χ0) is 16.8. The van der Waals surface area contributed by atoms with Gasteiger partial charge in [0.25, 0.3) is 0 Å². The predicted octanol–water partition coefficient (Wildman–Crippen LogP) is 3.95. The molecule has 0 aliphatic rings. The van der Waals surface area contributed by atoms with Crippen LogP contribution in [0.3, 0.4) is 0 Å². The number of methoxy groups -OCH3 is 1. The molecule has 24 heavy (non-hydrogen) atoms. The fourth-order valence-electron chi connectivity index (χ4n) is 2.85. The van der Waals surface area contributed by atoms with Gasteiger partial charge in [0.05, 0.1) is 0 Å². The molecule has 0 fully saturated rings. The van der Waals surface area contributed by atoms with Gasteiger partial charge < -0.3 is 14.6 Å². The average Bonchev–Trinajstić information content (AvgIpc) is 2.67. The van der Waals surface area contributed by atoms with Crippen LogP contribution in [0.2, 0.25) is 0 Å². The number of rotatable bonds is 6. The highest BCUT2D eigenvalue weighted by molar-refractivity contribution is 5.52. The van der Waals surface area contributed by atoms with Crippen LogP contribution in [0.1, 0.15) is 16.7 Å². The second-order valence-electron chi connectivity index (χ2n) is 5.49. The van der Waals surface area contributed by atoms with E-state index in [9.17, 15) is 5.11 Å². The minimum absolute atomic E-state index is 0.122. The third kappa shape index (κ3) is 3.04. The molecule has 3 heteroatoms. The topological polar surface area (TPSA) is 38.7 Å². The van der Waals surface area contributed by atoms with Crippen molar-refractivity contribution in [2.24, 2.45) is 0 Å². The summed E-state index contributed by atoms with van der Waals surface area (Å²) in [5.74, 6) is 0.592. The number of para-hydroxylation sites is 1. The molecule has 0 bridgehead atoms. The summed E-state index contributed by atoms with van der Waals surface area (Å²) >= 11 is 0. The third-order valence-electron chi connectivity index (χ3n) is 3.99. The van der Waals surface area contributed by atoms with E-state index in [1.165, 1.54) is 0 Å². The first-order chi connectivity index (χ1) is 11.8. The first-order valence-corrected chi connectivity index (χ1v) is 7.81. The molecule has 0 atom stereocenters. The van der Waals surface area contributed by atoms with E-state index in [1.54, 1.807) is 7.11 Å². The lowest BCUT2D eigenvalue weighted by atomic mass is 9.80. The smallest absolute Gasteiger partial charge is 0.188 e. The van der Waals surface area contributed by atoms with E-state index < -0.39 is 5.60 Å². The van der Waals surface area contributed by atoms with Gasteiger partial charge in [0.1, 0.15) is 11.4 Å². The van der Waals surface area contributed by atoms with Crippen LogP contribution in [0.25, 0.3) is 0 Å². The summed E-state index contributed by atoms with van der Waals surface area (Å²) in [7, 11) is 1.57. The van der Waals surface area contributed by atoms with Gasteiger partial charge in [-0.05, 0) is 17.2 Å². The van der Waals surface area contributed by atoms with Crippen molar-refractivity contribution in [1.82, 2.24) is 0 Å². The zero-order valence-electron chi connectivity index (χ0n) is 13.6. The lowest BCUT2D eigenvalue weighted by molar-refractivity contribution is 0.0455. The van der Waals surface area contributed by atoms with E-state index in [-0.39, 0.29) is 6.79 Å². The molecular weight excluding hydrogens is 300 g/mol. The van der Waals surface area contributed by atoms with Crippen LogP contribution in [-0.2, 0) is 10.3 Å². The Morgan fingerprint density at radius 1 is 0.750 bits per heavy atom. The molecule has 3 nitrogen and oxygen atoms in total. The number of hydrogen-bond acceptors (Lipinski definition) is 3. The van der Waals surface area contributed by atoms with Gasteiger partial charge in [-0.2, -0.15) is 0 Å². The highest BCUT2D eigenvalue weighted by Gasteiger charge is 2.36. The molecule has 0 spiro atoms. The second kappa shape index (κ2) is 7.30. The molecule has 3 aromatic rings. The Kier molecular flexibility index (Phi) is 4.94. The van der Waals surface area contributed by atoms with Crippen molar-refractivity contribution in [3.05, 3.63) is 102 Å². The Morgan fingerprint density at radius 3 is 1.79 bits per heavy atom. The maximum atomic E-state index is 11.8. The summed E-state index contributed by atoms with van der Waals surface area (Å²) in [5.41, 5.74) is 0.932. The van der Waals surface area contributed by atoms with E-state index in [4.69, 9.17) is 9.47 Å². The lowest BCUT2D eigenvalue weighted by Crippen LogP contribution is -2.29. The molecule has 0 radical (unpaired) electrons. The Balaban J connectivity index is 2.20. The van der Waals surface area contributed by atoms with E-state index in [1.807, 2.05) is 84.9 Å². The number of aliphatic hydroxyl groups is 1. The van der Waals surface area contributed by atoms with Crippen molar-refractivity contribution in [2.75, 3.05) is 13.9 Å². The monoisotopic (exact) mass is 320 g/mol. The molecule has 3 rings (SSSR count). The summed E-state index contributed by atoms with van der Waals surface area (Å²) < 4.78 is 10.7. The fraction of sp³-hybridized carbons (Fsp3) is 0.143. The largest absolute Gasteiger partial charge is 0.467 e. The van der Waals surface area contributed by atoms with Crippen molar-refractivity contribution in [3.8, 4) is 5.75 Å². The van der Waals surface area contributed by atoms with Crippen molar-refractivity contribution >= 4 is 0 Å². The van der Waals surface area contributed by atoms with Gasteiger partial charge in [-0.1, -0.05) is 78.9 Å². The summed E-state index contributed by atoms with van der Waals surface area (Å²) in [6.45, 7) is 0.122. The maximum Gasteiger partial charge on any atom is 0.188 e. The molecule has 0 saturated carbocycles. The van der Waals surface area contributed by atoms with Crippen LogP contribution in [0.15, 0.2) is 84.9 Å². The Hall–Kier alpha value is -2.62. The first kappa shape index (κ1) is 16.2. The van der Waals surface area contributed by atoms with Gasteiger partial charge >= 0.3 is 0 Å². The standard InChI is InChI=1S/C21H20O3/c1-23-16-24-20-15-9-8-14-19(20)21(22,17-10-4-2-5-11-17)18-12-6-3-7-13-18/h2-15,22H,16H2,1H3. The van der Waals surface area contributed by atoms with Gasteiger partial charge in [-0.3, -0.25) is 0 Å². The molecule has 0 aliphatic carbocycles.